The fourth-order valence-electron chi connectivity index (χ4n) is 3.09. The summed E-state index contributed by atoms with van der Waals surface area (Å²) >= 11 is 5.40. The van der Waals surface area contributed by atoms with Gasteiger partial charge in [0.15, 0.2) is 4.77 Å². The second-order valence-corrected chi connectivity index (χ2v) is 6.37. The molecule has 0 unspecified atom stereocenters. The molecule has 6 nitrogen and oxygen atoms in total. The van der Waals surface area contributed by atoms with E-state index in [1.54, 1.807) is 13.4 Å². The van der Waals surface area contributed by atoms with E-state index in [4.69, 9.17) is 17.0 Å². The highest BCUT2D eigenvalue weighted by atomic mass is 35.5. The van der Waals surface area contributed by atoms with Crippen molar-refractivity contribution in [2.45, 2.75) is 20.0 Å². The summed E-state index contributed by atoms with van der Waals surface area (Å²) in [5.74, 6) is 1.65. The highest BCUT2D eigenvalue weighted by Gasteiger charge is 2.09. The van der Waals surface area contributed by atoms with Gasteiger partial charge in [-0.15, -0.1) is 12.4 Å². The van der Waals surface area contributed by atoms with E-state index in [1.807, 2.05) is 24.3 Å². The molecule has 8 heteroatoms. The summed E-state index contributed by atoms with van der Waals surface area (Å²) in [7, 11) is 1.66. The molecule has 0 aliphatic rings. The Balaban J connectivity index is 0.00000210. The van der Waals surface area contributed by atoms with E-state index in [9.17, 15) is 0 Å². The van der Waals surface area contributed by atoms with Crippen molar-refractivity contribution in [1.29, 1.82) is 0 Å². The van der Waals surface area contributed by atoms with Crippen LogP contribution in [0.4, 0.5) is 5.82 Å². The van der Waals surface area contributed by atoms with Crippen LogP contribution in [0.3, 0.4) is 0 Å². The lowest BCUT2D eigenvalue weighted by atomic mass is 10.2. The van der Waals surface area contributed by atoms with Crippen molar-refractivity contribution in [3.05, 3.63) is 53.1 Å². The lowest BCUT2D eigenvalue weighted by Gasteiger charge is -2.09. The number of hydrogen-bond donors (Lipinski definition) is 2. The Kier molecular flexibility index (Phi) is 5.62. The summed E-state index contributed by atoms with van der Waals surface area (Å²) in [6.07, 6.45) is 1.59. The number of halogens is 1. The van der Waals surface area contributed by atoms with Crippen molar-refractivity contribution in [3.63, 3.8) is 0 Å². The Morgan fingerprint density at radius 2 is 1.96 bits per heavy atom. The maximum atomic E-state index is 5.40. The average molecular weight is 402 g/mol. The Morgan fingerprint density at radius 1 is 1.19 bits per heavy atom. The van der Waals surface area contributed by atoms with Gasteiger partial charge in [-0.1, -0.05) is 12.1 Å². The molecule has 2 aromatic heterocycles. The molecule has 0 amide bonds. The molecule has 0 saturated carbocycles. The molecule has 0 aliphatic carbocycles. The molecule has 2 N–H and O–H groups in total. The molecule has 2 aromatic carbocycles. The summed E-state index contributed by atoms with van der Waals surface area (Å²) in [4.78, 5) is 12.1. The maximum Gasteiger partial charge on any atom is 0.178 e. The van der Waals surface area contributed by atoms with E-state index in [-0.39, 0.29) is 12.4 Å². The van der Waals surface area contributed by atoms with E-state index in [2.05, 4.69) is 43.9 Å². The molecule has 0 saturated heterocycles. The second-order valence-electron chi connectivity index (χ2n) is 5.98. The maximum absolute atomic E-state index is 5.40. The van der Waals surface area contributed by atoms with Gasteiger partial charge in [-0.2, -0.15) is 0 Å². The minimum Gasteiger partial charge on any atom is -0.497 e. The fraction of sp³-hybridized carbons (Fsp3) is 0.211. The largest absolute Gasteiger partial charge is 0.497 e. The standard InChI is InChI=1S/C19H19N5OS.ClH/c1-3-24-17-9-15-14(8-16(17)23-19(24)26)18(22-11-21-15)20-10-12-4-6-13(25-2)7-5-12;/h4-9,11H,3,10H2,1-2H3,(H,23,26)(H,20,21,22);1H. The highest BCUT2D eigenvalue weighted by molar-refractivity contribution is 7.71. The number of nitrogens with one attached hydrogen (secondary N) is 2. The smallest absolute Gasteiger partial charge is 0.178 e. The number of H-pyrrole nitrogens is 1. The number of aryl methyl sites for hydroxylation is 1. The number of rotatable bonds is 5. The van der Waals surface area contributed by atoms with Crippen molar-refractivity contribution in [1.82, 2.24) is 19.5 Å². The first kappa shape index (κ1) is 19.1. The molecule has 140 valence electrons. The van der Waals surface area contributed by atoms with Crippen molar-refractivity contribution in [3.8, 4) is 5.75 Å². The fourth-order valence-corrected chi connectivity index (χ4v) is 3.43. The molecule has 27 heavy (non-hydrogen) atoms. The molecular formula is C19H20ClN5OS. The van der Waals surface area contributed by atoms with Gasteiger partial charge < -0.3 is 19.6 Å². The van der Waals surface area contributed by atoms with E-state index in [0.717, 1.165) is 50.4 Å². The molecule has 0 radical (unpaired) electrons. The highest BCUT2D eigenvalue weighted by Crippen LogP contribution is 2.26. The first-order valence-electron chi connectivity index (χ1n) is 8.43. The molecule has 0 spiro atoms. The van der Waals surface area contributed by atoms with Crippen LogP contribution in [0.15, 0.2) is 42.7 Å². The van der Waals surface area contributed by atoms with Gasteiger partial charge in [-0.3, -0.25) is 0 Å². The van der Waals surface area contributed by atoms with Gasteiger partial charge in [-0.25, -0.2) is 9.97 Å². The lowest BCUT2D eigenvalue weighted by Crippen LogP contribution is -2.02. The zero-order chi connectivity index (χ0) is 18.1. The third-order valence-electron chi connectivity index (χ3n) is 4.47. The number of anilines is 1. The molecular weight excluding hydrogens is 382 g/mol. The molecule has 0 atom stereocenters. The van der Waals surface area contributed by atoms with Crippen LogP contribution in [0.1, 0.15) is 12.5 Å². The Morgan fingerprint density at radius 3 is 2.67 bits per heavy atom. The van der Waals surface area contributed by atoms with Crippen molar-refractivity contribution in [2.24, 2.45) is 0 Å². The molecule has 4 aromatic rings. The minimum atomic E-state index is 0. The topological polar surface area (TPSA) is 67.8 Å². The number of benzene rings is 2. The Labute approximate surface area is 168 Å². The van der Waals surface area contributed by atoms with Crippen LogP contribution in [0, 0.1) is 4.77 Å². The van der Waals surface area contributed by atoms with Gasteiger partial charge in [0.2, 0.25) is 0 Å². The first-order chi connectivity index (χ1) is 12.7. The van der Waals surface area contributed by atoms with Crippen LogP contribution in [0.5, 0.6) is 5.75 Å². The number of aromatic nitrogens is 4. The van der Waals surface area contributed by atoms with Crippen LogP contribution in [-0.4, -0.2) is 26.6 Å². The Bertz CT molecular complexity index is 1140. The van der Waals surface area contributed by atoms with E-state index in [1.165, 1.54) is 0 Å². The zero-order valence-corrected chi connectivity index (χ0v) is 16.7. The van der Waals surface area contributed by atoms with Crippen molar-refractivity contribution in [2.75, 3.05) is 12.4 Å². The molecule has 0 fully saturated rings. The van der Waals surface area contributed by atoms with Crippen LogP contribution in [0.25, 0.3) is 21.9 Å². The number of nitrogens with zero attached hydrogens (tertiary/aromatic N) is 3. The molecule has 0 bridgehead atoms. The predicted molar refractivity (Wildman–Crippen MR) is 113 cm³/mol. The summed E-state index contributed by atoms with van der Waals surface area (Å²) in [6.45, 7) is 3.56. The SMILES string of the molecule is CCn1c(=S)[nH]c2cc3c(NCc4ccc(OC)cc4)ncnc3cc21.Cl. The minimum absolute atomic E-state index is 0. The summed E-state index contributed by atoms with van der Waals surface area (Å²) in [6, 6.07) is 12.1. The van der Waals surface area contributed by atoms with Gasteiger partial charge in [0.1, 0.15) is 17.9 Å². The average Bonchev–Trinajstić information content (AvgIpc) is 2.98. The van der Waals surface area contributed by atoms with E-state index in [0.29, 0.717) is 6.54 Å². The van der Waals surface area contributed by atoms with Gasteiger partial charge in [0, 0.05) is 18.5 Å². The lowest BCUT2D eigenvalue weighted by molar-refractivity contribution is 0.414. The van der Waals surface area contributed by atoms with Gasteiger partial charge in [0.25, 0.3) is 0 Å². The number of ether oxygens (including phenoxy) is 1. The first-order valence-corrected chi connectivity index (χ1v) is 8.84. The number of methoxy groups -OCH3 is 1. The zero-order valence-electron chi connectivity index (χ0n) is 15.0. The summed E-state index contributed by atoms with van der Waals surface area (Å²) in [5, 5.41) is 4.37. The number of imidazole rings is 1. The van der Waals surface area contributed by atoms with Gasteiger partial charge in [0.05, 0.1) is 23.7 Å². The molecule has 4 rings (SSSR count). The summed E-state index contributed by atoms with van der Waals surface area (Å²) in [5.41, 5.74) is 4.09. The quantitative estimate of drug-likeness (QED) is 0.474. The van der Waals surface area contributed by atoms with E-state index >= 15 is 0 Å². The molecule has 2 heterocycles. The van der Waals surface area contributed by atoms with Crippen molar-refractivity contribution < 1.29 is 4.74 Å². The third kappa shape index (κ3) is 3.61. The monoisotopic (exact) mass is 401 g/mol. The normalized spacial score (nSPS) is 10.7. The van der Waals surface area contributed by atoms with Crippen LogP contribution in [-0.2, 0) is 13.1 Å². The number of fused-ring (bicyclic) bond motifs is 2. The van der Waals surface area contributed by atoms with E-state index < -0.39 is 0 Å². The predicted octanol–water partition coefficient (Wildman–Crippen LogP) is 4.70. The van der Waals surface area contributed by atoms with Crippen LogP contribution >= 0.6 is 24.6 Å². The second kappa shape index (κ2) is 7.94. The van der Waals surface area contributed by atoms with Crippen LogP contribution in [0.2, 0.25) is 0 Å². The third-order valence-corrected chi connectivity index (χ3v) is 4.79. The van der Waals surface area contributed by atoms with Gasteiger partial charge >= 0.3 is 0 Å². The summed E-state index contributed by atoms with van der Waals surface area (Å²) < 4.78 is 7.98. The van der Waals surface area contributed by atoms with Crippen LogP contribution < -0.4 is 10.1 Å². The molecule has 0 aliphatic heterocycles. The van der Waals surface area contributed by atoms with Crippen molar-refractivity contribution >= 4 is 52.4 Å². The number of hydrogen-bond acceptors (Lipinski definition) is 5. The van der Waals surface area contributed by atoms with Gasteiger partial charge in [-0.05, 0) is 49.0 Å². The number of aromatic amines is 1. The Hall–Kier alpha value is -2.64.